The number of fused-ring (bicyclic) bond motifs is 5. The van der Waals surface area contributed by atoms with Crippen LogP contribution in [0.15, 0.2) is 176 Å². The lowest BCUT2D eigenvalue weighted by molar-refractivity contribution is 0.662. The maximum Gasteiger partial charge on any atom is 0.160 e. The Balaban J connectivity index is 1.02. The minimum absolute atomic E-state index is 0.161. The summed E-state index contributed by atoms with van der Waals surface area (Å²) >= 11 is 0. The fraction of sp³-hybridized carbons (Fsp3) is 0.0600. The number of rotatable bonds is 5. The fourth-order valence-corrected chi connectivity index (χ4v) is 8.17. The summed E-state index contributed by atoms with van der Waals surface area (Å²) in [5.74, 6) is 0.721. The fourth-order valence-electron chi connectivity index (χ4n) is 8.17. The Morgan fingerprint density at radius 1 is 0.415 bits per heavy atom. The summed E-state index contributed by atoms with van der Waals surface area (Å²) in [4.78, 5) is 15.2. The van der Waals surface area contributed by atoms with Crippen LogP contribution in [-0.2, 0) is 5.41 Å². The predicted molar refractivity (Wildman–Crippen MR) is 220 cm³/mol. The van der Waals surface area contributed by atoms with E-state index in [-0.39, 0.29) is 5.41 Å². The van der Waals surface area contributed by atoms with E-state index in [0.29, 0.717) is 0 Å². The molecule has 0 unspecified atom stereocenters. The van der Waals surface area contributed by atoms with E-state index >= 15 is 0 Å². The van der Waals surface area contributed by atoms with Crippen molar-refractivity contribution in [2.24, 2.45) is 0 Å². The molecule has 7 aromatic carbocycles. The third-order valence-electron chi connectivity index (χ3n) is 10.8. The summed E-state index contributed by atoms with van der Waals surface area (Å²) < 4.78 is 0. The average Bonchev–Trinajstić information content (AvgIpc) is 3.45. The quantitative estimate of drug-likeness (QED) is 0.182. The number of nitrogens with zero attached hydrogens (tertiary/aromatic N) is 3. The summed E-state index contributed by atoms with van der Waals surface area (Å²) in [5.41, 5.74) is 15.7. The molecule has 0 spiro atoms. The molecule has 2 heterocycles. The van der Waals surface area contributed by atoms with Crippen molar-refractivity contribution >= 4 is 21.7 Å². The molecule has 0 radical (unpaired) electrons. The van der Waals surface area contributed by atoms with Gasteiger partial charge in [-0.15, -0.1) is 0 Å². The molecule has 0 aliphatic heterocycles. The number of hydrogen-bond acceptors (Lipinski definition) is 3. The maximum absolute atomic E-state index is 5.23. The van der Waals surface area contributed by atoms with E-state index in [1.807, 2.05) is 36.4 Å². The first kappa shape index (κ1) is 31.1. The highest BCUT2D eigenvalue weighted by atomic mass is 14.9. The lowest BCUT2D eigenvalue weighted by atomic mass is 9.78. The van der Waals surface area contributed by atoms with E-state index in [4.69, 9.17) is 15.0 Å². The maximum atomic E-state index is 5.23. The molecule has 0 fully saturated rings. The molecule has 10 rings (SSSR count). The highest BCUT2D eigenvalue weighted by Gasteiger charge is 2.39. The predicted octanol–water partition coefficient (Wildman–Crippen LogP) is 12.8. The zero-order valence-corrected chi connectivity index (χ0v) is 29.6. The van der Waals surface area contributed by atoms with Crippen molar-refractivity contribution in [2.45, 2.75) is 19.3 Å². The van der Waals surface area contributed by atoms with E-state index in [1.54, 1.807) is 0 Å². The lowest BCUT2D eigenvalue weighted by Crippen LogP contribution is -2.16. The van der Waals surface area contributed by atoms with Crippen LogP contribution in [0, 0.1) is 0 Å². The first-order chi connectivity index (χ1) is 26.0. The van der Waals surface area contributed by atoms with Crippen LogP contribution in [-0.4, -0.2) is 15.0 Å². The second-order valence-corrected chi connectivity index (χ2v) is 14.4. The van der Waals surface area contributed by atoms with Crippen LogP contribution in [0.5, 0.6) is 0 Å². The van der Waals surface area contributed by atoms with Crippen molar-refractivity contribution in [2.75, 3.05) is 0 Å². The molecule has 0 bridgehead atoms. The van der Waals surface area contributed by atoms with Gasteiger partial charge in [0.2, 0.25) is 0 Å². The average molecular weight is 678 g/mol. The zero-order chi connectivity index (χ0) is 35.5. The van der Waals surface area contributed by atoms with E-state index in [9.17, 15) is 0 Å². The molecule has 1 aliphatic carbocycles. The number of aromatic nitrogens is 3. The SMILES string of the molecule is CC1(C)c2ccccc2-c2nc3ccccc3c(-c3ccc(-c4ccc5cc(-c6cc(-c7ccccc7)nc(-c7ccccc7)n6)ccc5c4)cc3)c21. The molecule has 250 valence electrons. The van der Waals surface area contributed by atoms with E-state index in [0.717, 1.165) is 45.1 Å². The van der Waals surface area contributed by atoms with Gasteiger partial charge in [-0.3, -0.25) is 0 Å². The van der Waals surface area contributed by atoms with Crippen LogP contribution in [0.1, 0.15) is 25.0 Å². The van der Waals surface area contributed by atoms with Gasteiger partial charge < -0.3 is 0 Å². The second kappa shape index (κ2) is 12.2. The van der Waals surface area contributed by atoms with E-state index < -0.39 is 0 Å². The molecule has 0 atom stereocenters. The Bertz CT molecular complexity index is 2780. The molecule has 9 aromatic rings. The van der Waals surface area contributed by atoms with Gasteiger partial charge in [0.1, 0.15) is 0 Å². The van der Waals surface area contributed by atoms with Crippen molar-refractivity contribution in [3.05, 3.63) is 187 Å². The van der Waals surface area contributed by atoms with Crippen molar-refractivity contribution in [1.29, 1.82) is 0 Å². The Hall–Kier alpha value is -6.71. The van der Waals surface area contributed by atoms with Gasteiger partial charge >= 0.3 is 0 Å². The van der Waals surface area contributed by atoms with Crippen LogP contribution in [0.2, 0.25) is 0 Å². The topological polar surface area (TPSA) is 38.7 Å². The Labute approximate surface area is 309 Å². The second-order valence-electron chi connectivity index (χ2n) is 14.4. The molecule has 0 amide bonds. The summed E-state index contributed by atoms with van der Waals surface area (Å²) in [7, 11) is 0. The van der Waals surface area contributed by atoms with E-state index in [1.165, 1.54) is 55.1 Å². The third-order valence-corrected chi connectivity index (χ3v) is 10.8. The van der Waals surface area contributed by atoms with Crippen LogP contribution in [0.25, 0.3) is 89.1 Å². The molecule has 0 saturated heterocycles. The lowest BCUT2D eigenvalue weighted by Gasteiger charge is -2.25. The minimum Gasteiger partial charge on any atom is -0.247 e. The highest BCUT2D eigenvalue weighted by Crippen LogP contribution is 2.53. The summed E-state index contributed by atoms with van der Waals surface area (Å²) in [5, 5.41) is 3.55. The summed E-state index contributed by atoms with van der Waals surface area (Å²) in [6, 6.07) is 62.4. The van der Waals surface area contributed by atoms with E-state index in [2.05, 4.69) is 153 Å². The summed E-state index contributed by atoms with van der Waals surface area (Å²) in [6.45, 7) is 4.67. The number of para-hydroxylation sites is 1. The van der Waals surface area contributed by atoms with Gasteiger partial charge in [0.15, 0.2) is 5.82 Å². The van der Waals surface area contributed by atoms with Gasteiger partial charge in [-0.25, -0.2) is 15.0 Å². The highest BCUT2D eigenvalue weighted by molar-refractivity contribution is 6.02. The number of benzene rings is 7. The molecule has 0 N–H and O–H groups in total. The molecule has 1 aliphatic rings. The molecule has 2 aromatic heterocycles. The van der Waals surface area contributed by atoms with Gasteiger partial charge in [0.25, 0.3) is 0 Å². The Kier molecular flexibility index (Phi) is 7.16. The van der Waals surface area contributed by atoms with Crippen LogP contribution in [0.4, 0.5) is 0 Å². The molecule has 3 heteroatoms. The monoisotopic (exact) mass is 677 g/mol. The molecule has 0 saturated carbocycles. The third kappa shape index (κ3) is 5.24. The molecule has 53 heavy (non-hydrogen) atoms. The number of pyridine rings is 1. The van der Waals surface area contributed by atoms with Gasteiger partial charge in [0.05, 0.1) is 22.6 Å². The molecular weight excluding hydrogens is 643 g/mol. The minimum atomic E-state index is -0.161. The number of hydrogen-bond donors (Lipinski definition) is 0. The normalized spacial score (nSPS) is 12.9. The van der Waals surface area contributed by atoms with Crippen molar-refractivity contribution in [3.63, 3.8) is 0 Å². The van der Waals surface area contributed by atoms with Crippen molar-refractivity contribution < 1.29 is 0 Å². The van der Waals surface area contributed by atoms with Crippen molar-refractivity contribution in [1.82, 2.24) is 15.0 Å². The van der Waals surface area contributed by atoms with Gasteiger partial charge in [-0.1, -0.05) is 166 Å². The molecule has 3 nitrogen and oxygen atoms in total. The van der Waals surface area contributed by atoms with Crippen LogP contribution < -0.4 is 0 Å². The van der Waals surface area contributed by atoms with Gasteiger partial charge in [-0.2, -0.15) is 0 Å². The first-order valence-electron chi connectivity index (χ1n) is 18.2. The Morgan fingerprint density at radius 3 is 1.74 bits per heavy atom. The smallest absolute Gasteiger partial charge is 0.160 e. The van der Waals surface area contributed by atoms with Crippen LogP contribution >= 0.6 is 0 Å². The van der Waals surface area contributed by atoms with Gasteiger partial charge in [-0.05, 0) is 68.4 Å². The Morgan fingerprint density at radius 2 is 0.981 bits per heavy atom. The largest absolute Gasteiger partial charge is 0.247 e. The first-order valence-corrected chi connectivity index (χ1v) is 18.2. The van der Waals surface area contributed by atoms with Crippen LogP contribution in [0.3, 0.4) is 0 Å². The zero-order valence-electron chi connectivity index (χ0n) is 29.6. The van der Waals surface area contributed by atoms with Gasteiger partial charge in [0, 0.05) is 33.1 Å². The molecular formula is C50H35N3. The summed E-state index contributed by atoms with van der Waals surface area (Å²) in [6.07, 6.45) is 0. The van der Waals surface area contributed by atoms with Crippen molar-refractivity contribution in [3.8, 4) is 67.4 Å². The standard InChI is InChI=1S/C50H35N3/c1-50(2)42-19-11-9-17-40(42)48-47(50)46(41-18-10-12-20-43(41)51-48)34-23-21-32(22-24-34)36-25-26-38-30-39(28-27-37(38)29-36)45-31-44(33-13-5-3-6-14-33)52-49(53-45)35-15-7-4-8-16-35/h3-31H,1-2H3.